The molecule has 1 heterocycles. The fraction of sp³-hybridized carbons (Fsp3) is 0.600. The van der Waals surface area contributed by atoms with Gasteiger partial charge >= 0.3 is 0 Å². The average Bonchev–Trinajstić information content (AvgIpc) is 2.78. The molecule has 7 heteroatoms. The van der Waals surface area contributed by atoms with Crippen molar-refractivity contribution >= 4 is 34.2 Å². The van der Waals surface area contributed by atoms with Gasteiger partial charge in [0, 0.05) is 55.0 Å². The first kappa shape index (κ1) is 28.1. The zero-order valence-electron chi connectivity index (χ0n) is 23.3. The second kappa shape index (κ2) is 10.7. The molecule has 6 nitrogen and oxygen atoms in total. The number of benzene rings is 1. The van der Waals surface area contributed by atoms with Crippen LogP contribution >= 0.6 is 22.6 Å². The first-order valence-electron chi connectivity index (χ1n) is 13.3. The number of carbonyl (C=O) groups is 2. The highest BCUT2D eigenvalue weighted by Gasteiger charge is 2.49. The Hall–Kier alpha value is -1.87. The molecule has 0 unspecified atom stereocenters. The number of rotatable bonds is 8. The van der Waals surface area contributed by atoms with Crippen LogP contribution in [0.15, 0.2) is 34.7 Å². The number of ether oxygens (including phenoxy) is 3. The highest BCUT2D eigenvalue weighted by atomic mass is 127. The van der Waals surface area contributed by atoms with E-state index in [4.69, 9.17) is 14.2 Å². The summed E-state index contributed by atoms with van der Waals surface area (Å²) in [6.45, 7) is 14.7. The number of allylic oxidation sites excluding steroid dienone is 4. The topological polar surface area (TPSA) is 65.1 Å². The minimum Gasteiger partial charge on any atom is -0.490 e. The van der Waals surface area contributed by atoms with Gasteiger partial charge in [-0.25, -0.2) is 0 Å². The molecule has 0 saturated heterocycles. The Balaban J connectivity index is 2.00. The molecular formula is C30H40INO5. The molecule has 0 saturated carbocycles. The van der Waals surface area contributed by atoms with Crippen LogP contribution in [0.25, 0.3) is 0 Å². The molecule has 4 rings (SSSR count). The number of Topliss-reactive ketones (excluding diaryl/α,β-unsaturated/α-hetero) is 2. The van der Waals surface area contributed by atoms with Crippen molar-refractivity contribution in [1.82, 2.24) is 4.90 Å². The maximum absolute atomic E-state index is 13.9. The molecule has 0 spiro atoms. The molecule has 0 fully saturated rings. The molecule has 202 valence electrons. The van der Waals surface area contributed by atoms with E-state index in [2.05, 4.69) is 61.3 Å². The Kier molecular flexibility index (Phi) is 8.15. The van der Waals surface area contributed by atoms with Gasteiger partial charge in [-0.15, -0.1) is 0 Å². The van der Waals surface area contributed by atoms with Crippen molar-refractivity contribution in [2.45, 2.75) is 73.1 Å². The number of ketones is 2. The van der Waals surface area contributed by atoms with E-state index in [0.29, 0.717) is 50.7 Å². The summed E-state index contributed by atoms with van der Waals surface area (Å²) in [5.74, 6) is 1.22. The van der Waals surface area contributed by atoms with Crippen LogP contribution in [0.4, 0.5) is 0 Å². The number of hydrogen-bond acceptors (Lipinski definition) is 6. The second-order valence-electron chi connectivity index (χ2n) is 11.9. The van der Waals surface area contributed by atoms with Crippen LogP contribution in [0.3, 0.4) is 0 Å². The van der Waals surface area contributed by atoms with Crippen LogP contribution in [0.2, 0.25) is 0 Å². The summed E-state index contributed by atoms with van der Waals surface area (Å²) >= 11 is 2.28. The third-order valence-corrected chi connectivity index (χ3v) is 8.30. The SMILES string of the molecule is CCOc1cc(C2C3=C(CC(C)(C)CC3=O)N(CCOC)C3=C2C(=O)CC(C)(C)C3)cc(I)c1OCC. The Bertz CT molecular complexity index is 1110. The minimum atomic E-state index is -0.403. The summed E-state index contributed by atoms with van der Waals surface area (Å²) in [4.78, 5) is 30.1. The van der Waals surface area contributed by atoms with Crippen LogP contribution in [0.1, 0.15) is 78.7 Å². The molecule has 0 N–H and O–H groups in total. The van der Waals surface area contributed by atoms with Gasteiger partial charge in [-0.2, -0.15) is 0 Å². The van der Waals surface area contributed by atoms with Gasteiger partial charge in [0.1, 0.15) is 0 Å². The van der Waals surface area contributed by atoms with E-state index in [1.165, 1.54) is 0 Å². The normalized spacial score (nSPS) is 21.2. The van der Waals surface area contributed by atoms with Crippen molar-refractivity contribution in [3.8, 4) is 11.5 Å². The lowest BCUT2D eigenvalue weighted by atomic mass is 9.63. The Labute approximate surface area is 234 Å². The van der Waals surface area contributed by atoms with Crippen molar-refractivity contribution in [2.24, 2.45) is 10.8 Å². The number of methoxy groups -OCH3 is 1. The Morgan fingerprint density at radius 1 is 0.892 bits per heavy atom. The molecule has 0 bridgehead atoms. The molecule has 1 aromatic carbocycles. The monoisotopic (exact) mass is 621 g/mol. The highest BCUT2D eigenvalue weighted by Crippen LogP contribution is 2.55. The zero-order valence-corrected chi connectivity index (χ0v) is 25.4. The molecule has 0 radical (unpaired) electrons. The predicted molar refractivity (Wildman–Crippen MR) is 153 cm³/mol. The average molecular weight is 622 g/mol. The fourth-order valence-electron chi connectivity index (χ4n) is 6.14. The first-order chi connectivity index (χ1) is 17.4. The van der Waals surface area contributed by atoms with Crippen LogP contribution in [-0.4, -0.2) is 49.9 Å². The first-order valence-corrected chi connectivity index (χ1v) is 14.4. The van der Waals surface area contributed by atoms with Crippen molar-refractivity contribution in [2.75, 3.05) is 33.5 Å². The Morgan fingerprint density at radius 3 is 1.92 bits per heavy atom. The number of nitrogens with zero attached hydrogens (tertiary/aromatic N) is 1. The maximum Gasteiger partial charge on any atom is 0.174 e. The van der Waals surface area contributed by atoms with Crippen molar-refractivity contribution in [3.63, 3.8) is 0 Å². The molecule has 37 heavy (non-hydrogen) atoms. The summed E-state index contributed by atoms with van der Waals surface area (Å²) in [6, 6.07) is 4.06. The molecule has 0 aromatic heterocycles. The standard InChI is InChI=1S/C30H40INO5/c1-8-36-24-13-18(12-19(31)28(24)37-9-2)25-26-20(14-29(3,4)16-22(26)33)32(10-11-35-7)21-15-30(5,6)17-23(34)27(21)25/h12-13,25H,8-11,14-17H2,1-7H3. The van der Waals surface area contributed by atoms with Crippen LogP contribution in [-0.2, 0) is 14.3 Å². The fourth-order valence-corrected chi connectivity index (χ4v) is 6.92. The van der Waals surface area contributed by atoms with Gasteiger partial charge in [-0.05, 0) is 77.8 Å². The molecular weight excluding hydrogens is 581 g/mol. The van der Waals surface area contributed by atoms with E-state index in [9.17, 15) is 9.59 Å². The van der Waals surface area contributed by atoms with Crippen LogP contribution < -0.4 is 9.47 Å². The third kappa shape index (κ3) is 5.49. The van der Waals surface area contributed by atoms with E-state index in [0.717, 1.165) is 44.5 Å². The van der Waals surface area contributed by atoms with E-state index < -0.39 is 5.92 Å². The molecule has 1 aromatic rings. The van der Waals surface area contributed by atoms with Crippen molar-refractivity contribution in [3.05, 3.63) is 43.8 Å². The van der Waals surface area contributed by atoms with Gasteiger partial charge < -0.3 is 19.1 Å². The lowest BCUT2D eigenvalue weighted by Crippen LogP contribution is -2.45. The van der Waals surface area contributed by atoms with Gasteiger partial charge in [-0.3, -0.25) is 9.59 Å². The van der Waals surface area contributed by atoms with E-state index in [1.54, 1.807) is 7.11 Å². The van der Waals surface area contributed by atoms with E-state index >= 15 is 0 Å². The van der Waals surface area contributed by atoms with Crippen LogP contribution in [0.5, 0.6) is 11.5 Å². The largest absolute Gasteiger partial charge is 0.490 e. The van der Waals surface area contributed by atoms with Crippen molar-refractivity contribution in [1.29, 1.82) is 0 Å². The zero-order chi connectivity index (χ0) is 27.1. The lowest BCUT2D eigenvalue weighted by Gasteiger charge is -2.49. The highest BCUT2D eigenvalue weighted by molar-refractivity contribution is 14.1. The molecule has 0 atom stereocenters. The lowest BCUT2D eigenvalue weighted by molar-refractivity contribution is -0.119. The van der Waals surface area contributed by atoms with Gasteiger partial charge in [0.15, 0.2) is 23.1 Å². The molecule has 0 amide bonds. The predicted octanol–water partition coefficient (Wildman–Crippen LogP) is 6.42. The van der Waals surface area contributed by atoms with Crippen molar-refractivity contribution < 1.29 is 23.8 Å². The van der Waals surface area contributed by atoms with E-state index in [-0.39, 0.29) is 22.4 Å². The number of hydrogen-bond donors (Lipinski definition) is 0. The quantitative estimate of drug-likeness (QED) is 0.313. The summed E-state index contributed by atoms with van der Waals surface area (Å²) in [5, 5.41) is 0. The van der Waals surface area contributed by atoms with Gasteiger partial charge in [-0.1, -0.05) is 27.7 Å². The Morgan fingerprint density at radius 2 is 1.43 bits per heavy atom. The summed E-state index contributed by atoms with van der Waals surface area (Å²) in [7, 11) is 1.69. The van der Waals surface area contributed by atoms with Gasteiger partial charge in [0.25, 0.3) is 0 Å². The van der Waals surface area contributed by atoms with E-state index in [1.807, 2.05) is 19.9 Å². The smallest absolute Gasteiger partial charge is 0.174 e. The van der Waals surface area contributed by atoms with Gasteiger partial charge in [0.05, 0.1) is 23.4 Å². The number of halogens is 1. The second-order valence-corrected chi connectivity index (χ2v) is 13.0. The summed E-state index contributed by atoms with van der Waals surface area (Å²) < 4.78 is 18.3. The minimum absolute atomic E-state index is 0.129. The van der Waals surface area contributed by atoms with Crippen LogP contribution in [0, 0.1) is 14.4 Å². The summed E-state index contributed by atoms with van der Waals surface area (Å²) in [5.41, 5.74) is 4.26. The van der Waals surface area contributed by atoms with Gasteiger partial charge in [0.2, 0.25) is 0 Å². The molecule has 3 aliphatic rings. The number of carbonyl (C=O) groups excluding carboxylic acids is 2. The molecule has 1 aliphatic heterocycles. The third-order valence-electron chi connectivity index (χ3n) is 7.49. The molecule has 2 aliphatic carbocycles. The maximum atomic E-state index is 13.9. The summed E-state index contributed by atoms with van der Waals surface area (Å²) in [6.07, 6.45) is 2.50.